The Morgan fingerprint density at radius 1 is 1.27 bits per heavy atom. The van der Waals surface area contributed by atoms with E-state index in [0.29, 0.717) is 12.5 Å². The van der Waals surface area contributed by atoms with Gasteiger partial charge in [-0.05, 0) is 52.9 Å². The monoisotopic (exact) mass is 415 g/mol. The number of pyridine rings is 1. The smallest absolute Gasteiger partial charge is 0.173 e. The number of halogens is 1. The molecule has 1 aliphatic heterocycles. The van der Waals surface area contributed by atoms with Crippen LogP contribution in [0.25, 0.3) is 5.65 Å². The first-order chi connectivity index (χ1) is 12.7. The normalized spacial score (nSPS) is 15.5. The van der Waals surface area contributed by atoms with Gasteiger partial charge in [-0.2, -0.15) is 9.61 Å². The molecule has 0 aliphatic carbocycles. The zero-order valence-electron chi connectivity index (χ0n) is 14.5. The summed E-state index contributed by atoms with van der Waals surface area (Å²) in [5, 5.41) is 7.91. The number of nitrogens with one attached hydrogen (secondary N) is 1. The fraction of sp³-hybridized carbons (Fsp3) is 0.389. The molecule has 26 heavy (non-hydrogen) atoms. The molecule has 3 aromatic rings. The fourth-order valence-electron chi connectivity index (χ4n) is 3.30. The maximum Gasteiger partial charge on any atom is 0.173 e. The molecule has 1 fully saturated rings. The zero-order valence-corrected chi connectivity index (χ0v) is 16.1. The molecular weight excluding hydrogens is 394 g/mol. The van der Waals surface area contributed by atoms with Crippen LogP contribution in [0.5, 0.6) is 0 Å². The van der Waals surface area contributed by atoms with Gasteiger partial charge in [0.1, 0.15) is 11.6 Å². The van der Waals surface area contributed by atoms with Crippen molar-refractivity contribution in [2.24, 2.45) is 11.7 Å². The van der Waals surface area contributed by atoms with E-state index < -0.39 is 0 Å². The Bertz CT molecular complexity index is 872. The van der Waals surface area contributed by atoms with E-state index in [4.69, 9.17) is 10.7 Å². The maximum absolute atomic E-state index is 5.82. The van der Waals surface area contributed by atoms with Crippen LogP contribution in [0, 0.1) is 5.92 Å². The summed E-state index contributed by atoms with van der Waals surface area (Å²) in [5.41, 5.74) is 7.76. The molecule has 0 aromatic carbocycles. The van der Waals surface area contributed by atoms with Crippen LogP contribution in [-0.2, 0) is 6.54 Å². The molecule has 3 aromatic heterocycles. The lowest BCUT2D eigenvalue weighted by Gasteiger charge is -2.32. The van der Waals surface area contributed by atoms with Crippen LogP contribution in [-0.4, -0.2) is 39.2 Å². The van der Waals surface area contributed by atoms with E-state index in [-0.39, 0.29) is 0 Å². The number of nitrogens with two attached hydrogens (primary N) is 1. The average molecular weight is 416 g/mol. The van der Waals surface area contributed by atoms with Crippen molar-refractivity contribution in [1.82, 2.24) is 19.6 Å². The molecule has 0 radical (unpaired) electrons. The van der Waals surface area contributed by atoms with Gasteiger partial charge in [-0.25, -0.2) is 4.98 Å². The molecule has 0 amide bonds. The Hall–Kier alpha value is -2.19. The van der Waals surface area contributed by atoms with Gasteiger partial charge in [0.15, 0.2) is 5.65 Å². The molecule has 8 heteroatoms. The van der Waals surface area contributed by atoms with E-state index >= 15 is 0 Å². The Kier molecular flexibility index (Phi) is 5.03. The predicted molar refractivity (Wildman–Crippen MR) is 106 cm³/mol. The van der Waals surface area contributed by atoms with E-state index in [2.05, 4.69) is 48.4 Å². The first-order valence-electron chi connectivity index (χ1n) is 8.86. The van der Waals surface area contributed by atoms with E-state index in [1.54, 1.807) is 12.4 Å². The molecule has 1 aliphatic rings. The Morgan fingerprint density at radius 3 is 2.85 bits per heavy atom. The van der Waals surface area contributed by atoms with Gasteiger partial charge in [-0.3, -0.25) is 4.98 Å². The lowest BCUT2D eigenvalue weighted by atomic mass is 9.97. The highest BCUT2D eigenvalue weighted by Gasteiger charge is 2.21. The number of aromatic nitrogens is 4. The molecule has 0 bridgehead atoms. The van der Waals surface area contributed by atoms with Crippen molar-refractivity contribution in [3.63, 3.8) is 0 Å². The van der Waals surface area contributed by atoms with Crippen molar-refractivity contribution in [3.05, 3.63) is 46.8 Å². The van der Waals surface area contributed by atoms with Crippen molar-refractivity contribution in [1.29, 1.82) is 0 Å². The molecular formula is C18H22BrN7. The molecule has 0 atom stereocenters. The highest BCUT2D eigenvalue weighted by Crippen LogP contribution is 2.27. The van der Waals surface area contributed by atoms with E-state index in [0.717, 1.165) is 59.8 Å². The lowest BCUT2D eigenvalue weighted by molar-refractivity contribution is 0.413. The number of nitrogens with zero attached hydrogens (tertiary/aromatic N) is 5. The molecule has 0 unspecified atom stereocenters. The number of anilines is 2. The summed E-state index contributed by atoms with van der Waals surface area (Å²) in [4.78, 5) is 11.3. The van der Waals surface area contributed by atoms with Crippen molar-refractivity contribution in [2.45, 2.75) is 19.4 Å². The molecule has 0 saturated carbocycles. The molecule has 0 spiro atoms. The minimum atomic E-state index is 0.625. The highest BCUT2D eigenvalue weighted by atomic mass is 79.9. The largest absolute Gasteiger partial charge is 0.366 e. The molecule has 136 valence electrons. The molecule has 3 N–H and O–H groups in total. The summed E-state index contributed by atoms with van der Waals surface area (Å²) < 4.78 is 2.72. The Labute approximate surface area is 160 Å². The first-order valence-corrected chi connectivity index (χ1v) is 9.66. The van der Waals surface area contributed by atoms with Crippen LogP contribution in [0.4, 0.5) is 11.6 Å². The number of fused-ring (bicyclic) bond motifs is 1. The quantitative estimate of drug-likeness (QED) is 0.666. The summed E-state index contributed by atoms with van der Waals surface area (Å²) in [6, 6.07) is 6.07. The standard InChI is InChI=1S/C18H22BrN7/c19-15-12-23-26-16(22-11-14-2-1-5-21-10-14)8-17(24-18(15)26)25-6-3-13(9-20)4-7-25/h1-2,5,8,10,12-13,22H,3-4,6-7,9,11,20H2. The SMILES string of the molecule is NCC1CCN(c2cc(NCc3cccnc3)n3ncc(Br)c3n2)CC1. The van der Waals surface area contributed by atoms with Gasteiger partial charge in [-0.15, -0.1) is 0 Å². The number of piperidine rings is 1. The van der Waals surface area contributed by atoms with Gasteiger partial charge in [0, 0.05) is 38.1 Å². The lowest BCUT2D eigenvalue weighted by Crippen LogP contribution is -2.36. The summed E-state index contributed by atoms with van der Waals surface area (Å²) >= 11 is 3.56. The summed E-state index contributed by atoms with van der Waals surface area (Å²) in [5.74, 6) is 2.52. The molecule has 1 saturated heterocycles. The van der Waals surface area contributed by atoms with Gasteiger partial charge in [-0.1, -0.05) is 6.07 Å². The third-order valence-electron chi connectivity index (χ3n) is 4.88. The van der Waals surface area contributed by atoms with Crippen LogP contribution in [0.1, 0.15) is 18.4 Å². The van der Waals surface area contributed by atoms with Gasteiger partial charge in [0.25, 0.3) is 0 Å². The number of hydrogen-bond acceptors (Lipinski definition) is 6. The van der Waals surface area contributed by atoms with Crippen LogP contribution in [0.3, 0.4) is 0 Å². The number of rotatable bonds is 5. The first kappa shape index (κ1) is 17.2. The minimum absolute atomic E-state index is 0.625. The third kappa shape index (κ3) is 3.52. The summed E-state index contributed by atoms with van der Waals surface area (Å²) in [6.07, 6.45) is 7.65. The summed E-state index contributed by atoms with van der Waals surface area (Å²) in [7, 11) is 0. The second-order valence-corrected chi connectivity index (χ2v) is 7.46. The molecule has 4 heterocycles. The molecule has 7 nitrogen and oxygen atoms in total. The van der Waals surface area contributed by atoms with Crippen LogP contribution in [0.2, 0.25) is 0 Å². The van der Waals surface area contributed by atoms with Crippen LogP contribution < -0.4 is 16.0 Å². The van der Waals surface area contributed by atoms with Crippen molar-refractivity contribution in [2.75, 3.05) is 29.9 Å². The van der Waals surface area contributed by atoms with E-state index in [1.165, 1.54) is 0 Å². The highest BCUT2D eigenvalue weighted by molar-refractivity contribution is 9.10. The summed E-state index contributed by atoms with van der Waals surface area (Å²) in [6.45, 7) is 3.42. The Morgan fingerprint density at radius 2 is 2.12 bits per heavy atom. The van der Waals surface area contributed by atoms with Gasteiger partial charge in [0.05, 0.1) is 10.7 Å². The van der Waals surface area contributed by atoms with Gasteiger partial charge in [0.2, 0.25) is 0 Å². The average Bonchev–Trinajstić information content (AvgIpc) is 3.08. The topological polar surface area (TPSA) is 84.4 Å². The maximum atomic E-state index is 5.82. The van der Waals surface area contributed by atoms with Crippen molar-refractivity contribution in [3.8, 4) is 0 Å². The Balaban J connectivity index is 1.61. The minimum Gasteiger partial charge on any atom is -0.366 e. The fourth-order valence-corrected chi connectivity index (χ4v) is 3.65. The van der Waals surface area contributed by atoms with E-state index in [1.807, 2.05) is 16.8 Å². The predicted octanol–water partition coefficient (Wildman–Crippen LogP) is 2.67. The van der Waals surface area contributed by atoms with Crippen LogP contribution >= 0.6 is 15.9 Å². The van der Waals surface area contributed by atoms with Gasteiger partial charge < -0.3 is 16.0 Å². The van der Waals surface area contributed by atoms with Crippen LogP contribution in [0.15, 0.2) is 41.3 Å². The van der Waals surface area contributed by atoms with Gasteiger partial charge >= 0.3 is 0 Å². The molecule has 4 rings (SSSR count). The van der Waals surface area contributed by atoms with Crippen molar-refractivity contribution >= 4 is 33.2 Å². The third-order valence-corrected chi connectivity index (χ3v) is 5.44. The van der Waals surface area contributed by atoms with Crippen molar-refractivity contribution < 1.29 is 0 Å². The van der Waals surface area contributed by atoms with E-state index in [9.17, 15) is 0 Å². The second-order valence-electron chi connectivity index (χ2n) is 6.61. The second kappa shape index (κ2) is 7.59. The zero-order chi connectivity index (χ0) is 17.9. The number of hydrogen-bond donors (Lipinski definition) is 2.